The number of nitrogens with one attached hydrogen (secondary N) is 1. The first-order valence-corrected chi connectivity index (χ1v) is 5.04. The Kier molecular flexibility index (Phi) is 4.66. The Balaban J connectivity index is 2.65. The van der Waals surface area contributed by atoms with Crippen molar-refractivity contribution in [1.82, 2.24) is 5.32 Å². The van der Waals surface area contributed by atoms with Crippen molar-refractivity contribution < 1.29 is 9.18 Å². The lowest BCUT2D eigenvalue weighted by Crippen LogP contribution is -2.24. The van der Waals surface area contributed by atoms with Crippen LogP contribution in [0.4, 0.5) is 4.39 Å². The Bertz CT molecular complexity index is 402. The maximum atomic E-state index is 13.3. The number of halogens is 1. The van der Waals surface area contributed by atoms with Crippen LogP contribution in [0.2, 0.25) is 0 Å². The summed E-state index contributed by atoms with van der Waals surface area (Å²) < 4.78 is 13.3. The van der Waals surface area contributed by atoms with E-state index >= 15 is 0 Å². The summed E-state index contributed by atoms with van der Waals surface area (Å²) in [7, 11) is 0. The van der Waals surface area contributed by atoms with Crippen LogP contribution in [0.3, 0.4) is 0 Å². The fourth-order valence-electron chi connectivity index (χ4n) is 1.24. The SMILES string of the molecule is Cc1ccc(F)c(C(=O)NC/C=C/CN)c1. The monoisotopic (exact) mass is 222 g/mol. The highest BCUT2D eigenvalue weighted by Crippen LogP contribution is 2.09. The van der Waals surface area contributed by atoms with Crippen LogP contribution in [0.25, 0.3) is 0 Å². The zero-order valence-electron chi connectivity index (χ0n) is 9.16. The van der Waals surface area contributed by atoms with Crippen molar-refractivity contribution in [3.63, 3.8) is 0 Å². The van der Waals surface area contributed by atoms with Gasteiger partial charge in [0.05, 0.1) is 5.56 Å². The molecule has 1 rings (SSSR count). The molecule has 4 heteroatoms. The largest absolute Gasteiger partial charge is 0.348 e. The van der Waals surface area contributed by atoms with E-state index in [0.29, 0.717) is 13.1 Å². The number of rotatable bonds is 4. The van der Waals surface area contributed by atoms with Gasteiger partial charge in [-0.05, 0) is 19.1 Å². The molecular weight excluding hydrogens is 207 g/mol. The smallest absolute Gasteiger partial charge is 0.254 e. The number of benzene rings is 1. The van der Waals surface area contributed by atoms with Gasteiger partial charge in [-0.1, -0.05) is 23.8 Å². The van der Waals surface area contributed by atoms with Crippen LogP contribution in [-0.2, 0) is 0 Å². The maximum absolute atomic E-state index is 13.3. The first kappa shape index (κ1) is 12.4. The summed E-state index contributed by atoms with van der Waals surface area (Å²) in [6, 6.07) is 4.44. The minimum atomic E-state index is -0.508. The highest BCUT2D eigenvalue weighted by atomic mass is 19.1. The highest BCUT2D eigenvalue weighted by molar-refractivity contribution is 5.94. The second-order valence-corrected chi connectivity index (χ2v) is 3.40. The summed E-state index contributed by atoms with van der Waals surface area (Å²) in [6.45, 7) is 2.59. The summed E-state index contributed by atoms with van der Waals surface area (Å²) in [4.78, 5) is 11.6. The first-order valence-electron chi connectivity index (χ1n) is 5.04. The number of aryl methyl sites for hydroxylation is 1. The van der Waals surface area contributed by atoms with Crippen LogP contribution < -0.4 is 11.1 Å². The number of carbonyl (C=O) groups excluding carboxylic acids is 1. The van der Waals surface area contributed by atoms with Gasteiger partial charge in [0.15, 0.2) is 0 Å². The van der Waals surface area contributed by atoms with E-state index in [1.54, 1.807) is 18.2 Å². The third kappa shape index (κ3) is 3.47. The summed E-state index contributed by atoms with van der Waals surface area (Å²) in [6.07, 6.45) is 3.46. The molecule has 0 saturated heterocycles. The molecule has 3 nitrogen and oxygen atoms in total. The molecule has 0 aromatic heterocycles. The lowest BCUT2D eigenvalue weighted by molar-refractivity contribution is 0.0954. The number of amides is 1. The molecule has 16 heavy (non-hydrogen) atoms. The second kappa shape index (κ2) is 6.02. The van der Waals surface area contributed by atoms with E-state index in [2.05, 4.69) is 5.32 Å². The Morgan fingerprint density at radius 3 is 2.94 bits per heavy atom. The van der Waals surface area contributed by atoms with Gasteiger partial charge in [0.2, 0.25) is 0 Å². The summed E-state index contributed by atoms with van der Waals surface area (Å²) in [5.41, 5.74) is 6.16. The van der Waals surface area contributed by atoms with Gasteiger partial charge >= 0.3 is 0 Å². The average molecular weight is 222 g/mol. The minimum absolute atomic E-state index is 0.0705. The van der Waals surface area contributed by atoms with E-state index in [1.807, 2.05) is 6.92 Å². The molecule has 0 aliphatic rings. The third-order valence-electron chi connectivity index (χ3n) is 2.05. The van der Waals surface area contributed by atoms with E-state index in [-0.39, 0.29) is 5.56 Å². The average Bonchev–Trinajstić information content (AvgIpc) is 2.27. The van der Waals surface area contributed by atoms with Gasteiger partial charge in [-0.25, -0.2) is 4.39 Å². The molecule has 0 radical (unpaired) electrons. The fourth-order valence-corrected chi connectivity index (χ4v) is 1.24. The maximum Gasteiger partial charge on any atom is 0.254 e. The molecule has 0 heterocycles. The molecule has 1 aromatic rings. The van der Waals surface area contributed by atoms with Crippen LogP contribution in [0.5, 0.6) is 0 Å². The van der Waals surface area contributed by atoms with Crippen molar-refractivity contribution in [2.45, 2.75) is 6.92 Å². The lowest BCUT2D eigenvalue weighted by Gasteiger charge is -2.04. The van der Waals surface area contributed by atoms with Gasteiger partial charge in [-0.2, -0.15) is 0 Å². The predicted molar refractivity (Wildman–Crippen MR) is 61.7 cm³/mol. The molecule has 0 unspecified atom stereocenters. The van der Waals surface area contributed by atoms with Crippen molar-refractivity contribution in [1.29, 1.82) is 0 Å². The molecule has 0 saturated carbocycles. The molecule has 0 spiro atoms. The van der Waals surface area contributed by atoms with Crippen molar-refractivity contribution >= 4 is 5.91 Å². The van der Waals surface area contributed by atoms with Gasteiger partial charge in [0.1, 0.15) is 5.82 Å². The number of hydrogen-bond donors (Lipinski definition) is 2. The number of hydrogen-bond acceptors (Lipinski definition) is 2. The van der Waals surface area contributed by atoms with Crippen molar-refractivity contribution in [2.75, 3.05) is 13.1 Å². The van der Waals surface area contributed by atoms with E-state index in [1.165, 1.54) is 12.1 Å². The standard InChI is InChI=1S/C12H15FN2O/c1-9-4-5-11(13)10(8-9)12(16)15-7-3-2-6-14/h2-5,8H,6-7,14H2,1H3,(H,15,16)/b3-2+. The topological polar surface area (TPSA) is 55.1 Å². The highest BCUT2D eigenvalue weighted by Gasteiger charge is 2.10. The van der Waals surface area contributed by atoms with E-state index in [4.69, 9.17) is 5.73 Å². The quantitative estimate of drug-likeness (QED) is 0.756. The van der Waals surface area contributed by atoms with Crippen LogP contribution in [0, 0.1) is 12.7 Å². The summed E-state index contributed by atoms with van der Waals surface area (Å²) in [5.74, 6) is -0.922. The van der Waals surface area contributed by atoms with Gasteiger partial charge in [0, 0.05) is 13.1 Å². The molecule has 86 valence electrons. The zero-order valence-corrected chi connectivity index (χ0v) is 9.16. The zero-order chi connectivity index (χ0) is 12.0. The van der Waals surface area contributed by atoms with Gasteiger partial charge in [-0.3, -0.25) is 4.79 Å². The number of nitrogens with two attached hydrogens (primary N) is 1. The molecule has 0 bridgehead atoms. The van der Waals surface area contributed by atoms with E-state index < -0.39 is 11.7 Å². The molecule has 1 amide bonds. The van der Waals surface area contributed by atoms with Crippen molar-refractivity contribution in [3.05, 3.63) is 47.3 Å². The third-order valence-corrected chi connectivity index (χ3v) is 2.05. The van der Waals surface area contributed by atoms with Gasteiger partial charge in [0.25, 0.3) is 5.91 Å². The molecule has 1 aromatic carbocycles. The van der Waals surface area contributed by atoms with Gasteiger partial charge in [-0.15, -0.1) is 0 Å². The normalized spacial score (nSPS) is 10.7. The Labute approximate surface area is 94.1 Å². The van der Waals surface area contributed by atoms with Gasteiger partial charge < -0.3 is 11.1 Å². The summed E-state index contributed by atoms with van der Waals surface area (Å²) in [5, 5.41) is 2.58. The van der Waals surface area contributed by atoms with Crippen molar-refractivity contribution in [2.24, 2.45) is 5.73 Å². The second-order valence-electron chi connectivity index (χ2n) is 3.40. The van der Waals surface area contributed by atoms with Crippen molar-refractivity contribution in [3.8, 4) is 0 Å². The van der Waals surface area contributed by atoms with E-state index in [0.717, 1.165) is 5.56 Å². The van der Waals surface area contributed by atoms with E-state index in [9.17, 15) is 9.18 Å². The predicted octanol–water partition coefficient (Wildman–Crippen LogP) is 1.38. The Morgan fingerprint density at radius 1 is 1.50 bits per heavy atom. The Hall–Kier alpha value is -1.68. The Morgan fingerprint density at radius 2 is 2.25 bits per heavy atom. The number of carbonyl (C=O) groups is 1. The molecule has 0 aliphatic heterocycles. The van der Waals surface area contributed by atoms with Crippen LogP contribution in [-0.4, -0.2) is 19.0 Å². The molecule has 0 fully saturated rings. The van der Waals surface area contributed by atoms with Crippen LogP contribution in [0.1, 0.15) is 15.9 Å². The molecule has 3 N–H and O–H groups in total. The van der Waals surface area contributed by atoms with Crippen LogP contribution >= 0.6 is 0 Å². The fraction of sp³-hybridized carbons (Fsp3) is 0.250. The minimum Gasteiger partial charge on any atom is -0.348 e. The molecule has 0 atom stereocenters. The van der Waals surface area contributed by atoms with Crippen LogP contribution in [0.15, 0.2) is 30.4 Å². The molecular formula is C12H15FN2O. The summed E-state index contributed by atoms with van der Waals surface area (Å²) >= 11 is 0. The lowest BCUT2D eigenvalue weighted by atomic mass is 10.1. The molecule has 0 aliphatic carbocycles. The first-order chi connectivity index (χ1) is 7.65.